The van der Waals surface area contributed by atoms with Gasteiger partial charge in [0.15, 0.2) is 0 Å². The molecule has 1 saturated carbocycles. The second kappa shape index (κ2) is 14.4. The SMILES string of the molecule is CC(C)CC(C#N)NC(=O)C1CCCCC1NC(=O)c1cc2ccccc2n1CCCC1CC[N+](C)(C)CC1.[Cl-]. The number of nitriles is 1. The van der Waals surface area contributed by atoms with Crippen LogP contribution >= 0.6 is 0 Å². The van der Waals surface area contributed by atoms with Gasteiger partial charge < -0.3 is 32.1 Å². The van der Waals surface area contributed by atoms with Gasteiger partial charge in [-0.2, -0.15) is 5.26 Å². The molecule has 4 rings (SSSR count). The first kappa shape index (κ1) is 32.0. The fraction of sp³-hybridized carbons (Fsp3) is 0.656. The Bertz CT molecular complexity index is 1170. The van der Waals surface area contributed by atoms with Crippen molar-refractivity contribution >= 4 is 22.7 Å². The standard InChI is InChI=1S/C32H47N5O2.ClH/c1-23(2)20-26(22-33)34-31(38)27-12-6-7-13-28(27)35-32(39)30-21-25-11-5-8-14-29(25)36(30)17-9-10-24-15-18-37(3,4)19-16-24;/h5,8,11,14,21,23-24,26-28H,6-7,9-10,12-13,15-20H2,1-4H3,(H-,34,35,38,39);1H. The van der Waals surface area contributed by atoms with E-state index in [1.807, 2.05) is 32.0 Å². The first-order chi connectivity index (χ1) is 18.7. The molecular formula is C32H48ClN5O2. The Hall–Kier alpha value is -2.56. The molecule has 8 heteroatoms. The number of piperidine rings is 1. The molecule has 2 fully saturated rings. The van der Waals surface area contributed by atoms with Crippen molar-refractivity contribution < 1.29 is 26.5 Å². The van der Waals surface area contributed by atoms with Crippen molar-refractivity contribution in [3.8, 4) is 6.07 Å². The number of hydrogen-bond acceptors (Lipinski definition) is 3. The summed E-state index contributed by atoms with van der Waals surface area (Å²) in [5, 5.41) is 16.8. The smallest absolute Gasteiger partial charge is 0.268 e. The molecule has 0 bridgehead atoms. The minimum absolute atomic E-state index is 0. The Labute approximate surface area is 246 Å². The summed E-state index contributed by atoms with van der Waals surface area (Å²) in [4.78, 5) is 26.9. The highest BCUT2D eigenvalue weighted by molar-refractivity contribution is 5.99. The topological polar surface area (TPSA) is 86.9 Å². The molecule has 2 heterocycles. The molecule has 7 nitrogen and oxygen atoms in total. The number of halogens is 1. The van der Waals surface area contributed by atoms with Crippen molar-refractivity contribution in [2.45, 2.75) is 90.3 Å². The maximum atomic E-state index is 13.7. The van der Waals surface area contributed by atoms with E-state index in [-0.39, 0.29) is 36.2 Å². The molecular weight excluding hydrogens is 522 g/mol. The molecule has 3 unspecified atom stereocenters. The summed E-state index contributed by atoms with van der Waals surface area (Å²) in [5.41, 5.74) is 1.77. The number of aryl methyl sites for hydroxylation is 1. The highest BCUT2D eigenvalue weighted by Crippen LogP contribution is 2.28. The van der Waals surface area contributed by atoms with Crippen LogP contribution in [0.3, 0.4) is 0 Å². The van der Waals surface area contributed by atoms with Gasteiger partial charge in [-0.3, -0.25) is 9.59 Å². The summed E-state index contributed by atoms with van der Waals surface area (Å²) in [6, 6.07) is 11.7. The summed E-state index contributed by atoms with van der Waals surface area (Å²) >= 11 is 0. The van der Waals surface area contributed by atoms with Crippen LogP contribution in [0.15, 0.2) is 30.3 Å². The Morgan fingerprint density at radius 3 is 2.50 bits per heavy atom. The molecule has 3 atom stereocenters. The molecule has 0 radical (unpaired) electrons. The zero-order valence-corrected chi connectivity index (χ0v) is 25.6. The third-order valence-electron chi connectivity index (χ3n) is 8.92. The minimum atomic E-state index is -0.493. The molecule has 2 amide bonds. The Balaban J connectivity index is 0.00000441. The zero-order valence-electron chi connectivity index (χ0n) is 24.8. The van der Waals surface area contributed by atoms with E-state index in [1.165, 1.54) is 32.4 Å². The molecule has 1 aliphatic carbocycles. The maximum Gasteiger partial charge on any atom is 0.268 e. The van der Waals surface area contributed by atoms with Crippen LogP contribution < -0.4 is 23.0 Å². The summed E-state index contributed by atoms with van der Waals surface area (Å²) in [7, 11) is 4.64. The van der Waals surface area contributed by atoms with Crippen molar-refractivity contribution in [1.29, 1.82) is 5.26 Å². The fourth-order valence-corrected chi connectivity index (χ4v) is 6.54. The average Bonchev–Trinajstić information content (AvgIpc) is 3.28. The predicted molar refractivity (Wildman–Crippen MR) is 156 cm³/mol. The van der Waals surface area contributed by atoms with E-state index in [4.69, 9.17) is 0 Å². The number of benzene rings is 1. The van der Waals surface area contributed by atoms with Crippen LogP contribution in [-0.2, 0) is 11.3 Å². The third kappa shape index (κ3) is 8.24. The van der Waals surface area contributed by atoms with Crippen molar-refractivity contribution in [2.75, 3.05) is 27.2 Å². The van der Waals surface area contributed by atoms with E-state index in [0.29, 0.717) is 18.0 Å². The maximum absolute atomic E-state index is 13.7. The molecule has 1 aromatic heterocycles. The number of likely N-dealkylation sites (tertiary alicyclic amines) is 1. The number of hydrogen-bond donors (Lipinski definition) is 2. The molecule has 2 N–H and O–H groups in total. The number of aromatic nitrogens is 1. The summed E-state index contributed by atoms with van der Waals surface area (Å²) in [6.45, 7) is 7.41. The highest BCUT2D eigenvalue weighted by Gasteiger charge is 2.34. The zero-order chi connectivity index (χ0) is 28.0. The normalized spacial score (nSPS) is 21.8. The van der Waals surface area contributed by atoms with E-state index in [9.17, 15) is 14.9 Å². The molecule has 2 aromatic rings. The molecule has 2 aliphatic rings. The van der Waals surface area contributed by atoms with Gasteiger partial charge in [0.1, 0.15) is 11.7 Å². The van der Waals surface area contributed by atoms with Crippen LogP contribution in [0.4, 0.5) is 0 Å². The van der Waals surface area contributed by atoms with Gasteiger partial charge >= 0.3 is 0 Å². The van der Waals surface area contributed by atoms with Crippen molar-refractivity contribution in [3.05, 3.63) is 36.0 Å². The number of fused-ring (bicyclic) bond motifs is 1. The Morgan fingerprint density at radius 1 is 1.10 bits per heavy atom. The van der Waals surface area contributed by atoms with E-state index in [2.05, 4.69) is 47.5 Å². The number of carbonyl (C=O) groups is 2. The number of quaternary nitrogens is 1. The quantitative estimate of drug-likeness (QED) is 0.430. The van der Waals surface area contributed by atoms with Crippen LogP contribution in [-0.4, -0.2) is 60.1 Å². The first-order valence-corrected chi connectivity index (χ1v) is 15.1. The number of amides is 2. The van der Waals surface area contributed by atoms with Gasteiger partial charge in [0.25, 0.3) is 5.91 Å². The van der Waals surface area contributed by atoms with Gasteiger partial charge in [0.05, 0.1) is 39.2 Å². The van der Waals surface area contributed by atoms with Gasteiger partial charge in [-0.25, -0.2) is 0 Å². The van der Waals surface area contributed by atoms with Crippen molar-refractivity contribution in [3.63, 3.8) is 0 Å². The number of nitrogens with zero attached hydrogens (tertiary/aromatic N) is 3. The second-order valence-electron chi connectivity index (χ2n) is 13.0. The number of rotatable bonds is 10. The van der Waals surface area contributed by atoms with Gasteiger partial charge in [-0.15, -0.1) is 0 Å². The Morgan fingerprint density at radius 2 is 1.80 bits per heavy atom. The van der Waals surface area contributed by atoms with E-state index < -0.39 is 6.04 Å². The van der Waals surface area contributed by atoms with Crippen LogP contribution in [0, 0.1) is 29.1 Å². The Kier molecular flexibility index (Phi) is 11.5. The first-order valence-electron chi connectivity index (χ1n) is 15.1. The lowest BCUT2D eigenvalue weighted by molar-refractivity contribution is -0.896. The lowest BCUT2D eigenvalue weighted by Gasteiger charge is -2.37. The summed E-state index contributed by atoms with van der Waals surface area (Å²) in [5.74, 6) is 0.568. The molecule has 40 heavy (non-hydrogen) atoms. The van der Waals surface area contributed by atoms with Gasteiger partial charge in [0, 0.05) is 23.5 Å². The predicted octanol–water partition coefficient (Wildman–Crippen LogP) is 2.25. The molecule has 1 saturated heterocycles. The lowest BCUT2D eigenvalue weighted by Crippen LogP contribution is -3.00. The lowest BCUT2D eigenvalue weighted by atomic mass is 9.83. The fourth-order valence-electron chi connectivity index (χ4n) is 6.54. The second-order valence-corrected chi connectivity index (χ2v) is 13.0. The number of carbonyl (C=O) groups excluding carboxylic acids is 2. The van der Waals surface area contributed by atoms with E-state index in [1.54, 1.807) is 0 Å². The average molecular weight is 570 g/mol. The number of nitrogens with one attached hydrogen (secondary N) is 2. The van der Waals surface area contributed by atoms with Crippen LogP contribution in [0.5, 0.6) is 0 Å². The van der Waals surface area contributed by atoms with Gasteiger partial charge in [-0.1, -0.05) is 44.9 Å². The summed E-state index contributed by atoms with van der Waals surface area (Å²) < 4.78 is 3.30. The molecule has 1 aliphatic heterocycles. The molecule has 0 spiro atoms. The summed E-state index contributed by atoms with van der Waals surface area (Å²) in [6.07, 6.45) is 8.89. The van der Waals surface area contributed by atoms with E-state index in [0.717, 1.165) is 60.0 Å². The largest absolute Gasteiger partial charge is 1.00 e. The van der Waals surface area contributed by atoms with Gasteiger partial charge in [0.2, 0.25) is 5.91 Å². The third-order valence-corrected chi connectivity index (χ3v) is 8.92. The molecule has 1 aromatic carbocycles. The van der Waals surface area contributed by atoms with Crippen LogP contribution in [0.1, 0.15) is 82.1 Å². The number of para-hydroxylation sites is 1. The minimum Gasteiger partial charge on any atom is -1.00 e. The van der Waals surface area contributed by atoms with Crippen LogP contribution in [0.2, 0.25) is 0 Å². The highest BCUT2D eigenvalue weighted by atomic mass is 35.5. The van der Waals surface area contributed by atoms with E-state index >= 15 is 0 Å². The molecule has 220 valence electrons. The van der Waals surface area contributed by atoms with Crippen LogP contribution in [0.25, 0.3) is 10.9 Å². The van der Waals surface area contributed by atoms with Crippen molar-refractivity contribution in [1.82, 2.24) is 15.2 Å². The van der Waals surface area contributed by atoms with Gasteiger partial charge in [-0.05, 0) is 68.9 Å². The van der Waals surface area contributed by atoms with Crippen molar-refractivity contribution in [2.24, 2.45) is 17.8 Å². The monoisotopic (exact) mass is 569 g/mol.